The Morgan fingerprint density at radius 3 is 2.68 bits per heavy atom. The van der Waals surface area contributed by atoms with Crippen LogP contribution in [0.25, 0.3) is 0 Å². The summed E-state index contributed by atoms with van der Waals surface area (Å²) in [7, 11) is 0. The number of carbonyl (C=O) groups is 2. The van der Waals surface area contributed by atoms with E-state index in [2.05, 4.69) is 10.6 Å². The molecule has 1 aliphatic rings. The lowest BCUT2D eigenvalue weighted by molar-refractivity contribution is -0.140. The van der Waals surface area contributed by atoms with Gasteiger partial charge in [-0.1, -0.05) is 0 Å². The number of morpholine rings is 1. The van der Waals surface area contributed by atoms with E-state index in [0.717, 1.165) is 0 Å². The maximum Gasteiger partial charge on any atom is 0.408 e. The van der Waals surface area contributed by atoms with E-state index in [0.29, 0.717) is 19.8 Å². The van der Waals surface area contributed by atoms with E-state index < -0.39 is 23.7 Å². The van der Waals surface area contributed by atoms with Crippen LogP contribution < -0.4 is 10.6 Å². The predicted molar refractivity (Wildman–Crippen MR) is 68.0 cm³/mol. The summed E-state index contributed by atoms with van der Waals surface area (Å²) >= 11 is 0. The van der Waals surface area contributed by atoms with Gasteiger partial charge < -0.3 is 25.2 Å². The standard InChI is InChI=1S/C12H22N2O5/c1-12(2,3)19-11(17)14-9(10(15)16)6-8-7-18-5-4-13-8/h8-9,13H,4-7H2,1-3H3,(H,14,17)(H,15,16)/t8?,9-/m0/s1. The highest BCUT2D eigenvalue weighted by Crippen LogP contribution is 2.08. The second kappa shape index (κ2) is 6.72. The van der Waals surface area contributed by atoms with Crippen molar-refractivity contribution in [3.05, 3.63) is 0 Å². The monoisotopic (exact) mass is 274 g/mol. The Bertz CT molecular complexity index is 321. The first-order valence-electron chi connectivity index (χ1n) is 6.31. The predicted octanol–water partition coefficient (Wildman–Crippen LogP) is 0.343. The molecule has 1 unspecified atom stereocenters. The first-order valence-corrected chi connectivity index (χ1v) is 6.31. The third-order valence-corrected chi connectivity index (χ3v) is 2.51. The second-order valence-corrected chi connectivity index (χ2v) is 5.50. The van der Waals surface area contributed by atoms with E-state index in [4.69, 9.17) is 14.6 Å². The van der Waals surface area contributed by atoms with E-state index in [1.807, 2.05) is 0 Å². The molecule has 1 rings (SSSR count). The number of carboxylic acid groups (broad SMARTS) is 1. The Morgan fingerprint density at radius 2 is 2.21 bits per heavy atom. The van der Waals surface area contributed by atoms with Crippen molar-refractivity contribution in [2.75, 3.05) is 19.8 Å². The number of nitrogens with one attached hydrogen (secondary N) is 2. The summed E-state index contributed by atoms with van der Waals surface area (Å²) in [5, 5.41) is 14.6. The first kappa shape index (κ1) is 15.7. The van der Waals surface area contributed by atoms with Gasteiger partial charge in [-0.3, -0.25) is 0 Å². The van der Waals surface area contributed by atoms with Gasteiger partial charge in [0.1, 0.15) is 11.6 Å². The molecule has 1 amide bonds. The smallest absolute Gasteiger partial charge is 0.408 e. The Kier molecular flexibility index (Phi) is 5.56. The summed E-state index contributed by atoms with van der Waals surface area (Å²) in [6, 6.07) is -1.07. The van der Waals surface area contributed by atoms with E-state index in [1.54, 1.807) is 20.8 Å². The number of amides is 1. The van der Waals surface area contributed by atoms with E-state index in [-0.39, 0.29) is 12.5 Å². The molecule has 0 aliphatic carbocycles. The van der Waals surface area contributed by atoms with Crippen molar-refractivity contribution >= 4 is 12.1 Å². The molecule has 0 saturated carbocycles. The van der Waals surface area contributed by atoms with Crippen LogP contribution in [0.1, 0.15) is 27.2 Å². The van der Waals surface area contributed by atoms with Crippen LogP contribution in [0.4, 0.5) is 4.79 Å². The Labute approximate surface area is 112 Å². The number of carbonyl (C=O) groups excluding carboxylic acids is 1. The molecule has 0 radical (unpaired) electrons. The number of hydrogen-bond donors (Lipinski definition) is 3. The summed E-state index contributed by atoms with van der Waals surface area (Å²) in [5.41, 5.74) is -0.653. The SMILES string of the molecule is CC(C)(C)OC(=O)N[C@@H](CC1COCCN1)C(=O)O. The molecule has 1 heterocycles. The van der Waals surface area contributed by atoms with Crippen LogP contribution in [-0.2, 0) is 14.3 Å². The van der Waals surface area contributed by atoms with Gasteiger partial charge in [-0.2, -0.15) is 0 Å². The molecule has 2 atom stereocenters. The molecule has 0 spiro atoms. The lowest BCUT2D eigenvalue weighted by Crippen LogP contribution is -2.50. The van der Waals surface area contributed by atoms with E-state index in [9.17, 15) is 9.59 Å². The summed E-state index contributed by atoms with van der Waals surface area (Å²) in [6.07, 6.45) is -0.467. The molecular formula is C12H22N2O5. The summed E-state index contributed by atoms with van der Waals surface area (Å²) in [6.45, 7) is 6.91. The molecule has 110 valence electrons. The molecule has 0 aromatic heterocycles. The van der Waals surface area contributed by atoms with Crippen LogP contribution in [0, 0.1) is 0 Å². The fourth-order valence-corrected chi connectivity index (χ4v) is 1.73. The molecular weight excluding hydrogens is 252 g/mol. The fourth-order valence-electron chi connectivity index (χ4n) is 1.73. The van der Waals surface area contributed by atoms with Gasteiger partial charge in [0.25, 0.3) is 0 Å². The van der Waals surface area contributed by atoms with Crippen LogP contribution in [-0.4, -0.2) is 54.6 Å². The zero-order valence-electron chi connectivity index (χ0n) is 11.6. The second-order valence-electron chi connectivity index (χ2n) is 5.50. The topological polar surface area (TPSA) is 96.9 Å². The zero-order chi connectivity index (χ0) is 14.5. The molecule has 1 fully saturated rings. The molecule has 0 aromatic rings. The van der Waals surface area contributed by atoms with Gasteiger partial charge in [-0.15, -0.1) is 0 Å². The van der Waals surface area contributed by atoms with Gasteiger partial charge in [0.15, 0.2) is 0 Å². The van der Waals surface area contributed by atoms with Gasteiger partial charge in [0.2, 0.25) is 0 Å². The average molecular weight is 274 g/mol. The normalized spacial score (nSPS) is 21.5. The minimum atomic E-state index is -1.08. The van der Waals surface area contributed by atoms with Crippen LogP contribution in [0.2, 0.25) is 0 Å². The largest absolute Gasteiger partial charge is 0.480 e. The average Bonchev–Trinajstić information content (AvgIpc) is 2.26. The number of alkyl carbamates (subject to hydrolysis) is 1. The van der Waals surface area contributed by atoms with Gasteiger partial charge >= 0.3 is 12.1 Å². The summed E-state index contributed by atoms with van der Waals surface area (Å²) in [5.74, 6) is -1.08. The maximum atomic E-state index is 11.6. The third-order valence-electron chi connectivity index (χ3n) is 2.51. The lowest BCUT2D eigenvalue weighted by atomic mass is 10.1. The minimum absolute atomic E-state index is 0.0789. The van der Waals surface area contributed by atoms with Crippen LogP contribution >= 0.6 is 0 Å². The quantitative estimate of drug-likeness (QED) is 0.684. The van der Waals surface area contributed by atoms with Crippen molar-refractivity contribution in [2.45, 2.75) is 44.9 Å². The number of ether oxygens (including phenoxy) is 2. The van der Waals surface area contributed by atoms with E-state index >= 15 is 0 Å². The van der Waals surface area contributed by atoms with Crippen LogP contribution in [0.5, 0.6) is 0 Å². The Balaban J connectivity index is 2.48. The fraction of sp³-hybridized carbons (Fsp3) is 0.833. The first-order chi connectivity index (χ1) is 8.78. The lowest BCUT2D eigenvalue weighted by Gasteiger charge is -2.27. The summed E-state index contributed by atoms with van der Waals surface area (Å²) in [4.78, 5) is 22.7. The number of hydrogen-bond acceptors (Lipinski definition) is 5. The molecule has 7 nitrogen and oxygen atoms in total. The number of rotatable bonds is 4. The van der Waals surface area contributed by atoms with Crippen LogP contribution in [0.15, 0.2) is 0 Å². The van der Waals surface area contributed by atoms with E-state index in [1.165, 1.54) is 0 Å². The molecule has 19 heavy (non-hydrogen) atoms. The highest BCUT2D eigenvalue weighted by molar-refractivity contribution is 5.80. The highest BCUT2D eigenvalue weighted by atomic mass is 16.6. The van der Waals surface area contributed by atoms with Crippen LogP contribution in [0.3, 0.4) is 0 Å². The third kappa shape index (κ3) is 6.40. The van der Waals surface area contributed by atoms with Gasteiger partial charge in [0, 0.05) is 12.6 Å². The molecule has 1 saturated heterocycles. The molecule has 3 N–H and O–H groups in total. The maximum absolute atomic E-state index is 11.6. The molecule has 7 heteroatoms. The Morgan fingerprint density at radius 1 is 1.53 bits per heavy atom. The van der Waals surface area contributed by atoms with Crippen molar-refractivity contribution in [1.29, 1.82) is 0 Å². The van der Waals surface area contributed by atoms with Crippen molar-refractivity contribution in [2.24, 2.45) is 0 Å². The van der Waals surface area contributed by atoms with Gasteiger partial charge in [0.05, 0.1) is 13.2 Å². The molecule has 0 bridgehead atoms. The van der Waals surface area contributed by atoms with Crippen molar-refractivity contribution < 1.29 is 24.2 Å². The Hall–Kier alpha value is -1.34. The van der Waals surface area contributed by atoms with Gasteiger partial charge in [-0.25, -0.2) is 9.59 Å². The number of carboxylic acids is 1. The van der Waals surface area contributed by atoms with Gasteiger partial charge in [-0.05, 0) is 27.2 Å². The highest BCUT2D eigenvalue weighted by Gasteiger charge is 2.27. The molecule has 0 aromatic carbocycles. The zero-order valence-corrected chi connectivity index (χ0v) is 11.6. The number of aliphatic carboxylic acids is 1. The van der Waals surface area contributed by atoms with Crippen molar-refractivity contribution in [3.8, 4) is 0 Å². The van der Waals surface area contributed by atoms with Crippen molar-refractivity contribution in [1.82, 2.24) is 10.6 Å². The minimum Gasteiger partial charge on any atom is -0.480 e. The summed E-state index contributed by atoms with van der Waals surface area (Å²) < 4.78 is 10.3. The van der Waals surface area contributed by atoms with Crippen molar-refractivity contribution in [3.63, 3.8) is 0 Å². The molecule has 1 aliphatic heterocycles.